The number of piperazine rings is 1. The van der Waals surface area contributed by atoms with Gasteiger partial charge in [0.2, 0.25) is 0 Å². The second kappa shape index (κ2) is 8.44. The van der Waals surface area contributed by atoms with Crippen molar-refractivity contribution in [2.45, 2.75) is 12.5 Å². The van der Waals surface area contributed by atoms with E-state index in [-0.39, 0.29) is 11.8 Å². The molecule has 1 N–H and O–H groups in total. The minimum Gasteiger partial charge on any atom is -0.365 e. The molecule has 0 aliphatic carbocycles. The van der Waals surface area contributed by atoms with Gasteiger partial charge in [0.25, 0.3) is 0 Å². The van der Waals surface area contributed by atoms with Crippen LogP contribution in [0.4, 0.5) is 0 Å². The van der Waals surface area contributed by atoms with E-state index in [9.17, 15) is 4.79 Å². The maximum Gasteiger partial charge on any atom is 0.160 e. The zero-order valence-corrected chi connectivity index (χ0v) is 15.6. The summed E-state index contributed by atoms with van der Waals surface area (Å²) in [5, 5.41) is 3.34. The van der Waals surface area contributed by atoms with Crippen LogP contribution >= 0.6 is 22.6 Å². The zero-order valence-electron chi connectivity index (χ0n) is 13.5. The summed E-state index contributed by atoms with van der Waals surface area (Å²) in [4.78, 5) is 14.9. The van der Waals surface area contributed by atoms with Gasteiger partial charge in [0, 0.05) is 35.8 Å². The van der Waals surface area contributed by atoms with Crippen LogP contribution in [-0.4, -0.2) is 36.4 Å². The third-order valence-corrected chi connectivity index (χ3v) is 4.93. The third-order valence-electron chi connectivity index (χ3n) is 4.21. The van der Waals surface area contributed by atoms with Crippen LogP contribution in [0.3, 0.4) is 0 Å². The largest absolute Gasteiger partial charge is 0.365 e. The lowest BCUT2D eigenvalue weighted by atomic mass is 10.0. The Bertz CT molecular complexity index is 697. The summed E-state index contributed by atoms with van der Waals surface area (Å²) in [7, 11) is 0. The fraction of sp³-hybridized carbons (Fsp3) is 0.250. The van der Waals surface area contributed by atoms with E-state index in [0.717, 1.165) is 24.2 Å². The normalized spacial score (nSPS) is 18.0. The summed E-state index contributed by atoms with van der Waals surface area (Å²) in [6.07, 6.45) is 4.63. The van der Waals surface area contributed by atoms with E-state index in [1.165, 1.54) is 3.57 Å². The molecule has 0 saturated carbocycles. The van der Waals surface area contributed by atoms with Crippen LogP contribution in [0.1, 0.15) is 11.1 Å². The molecule has 1 fully saturated rings. The molecule has 1 unspecified atom stereocenters. The number of benzene rings is 2. The first kappa shape index (κ1) is 17.2. The van der Waals surface area contributed by atoms with Gasteiger partial charge in [0.15, 0.2) is 5.78 Å². The third kappa shape index (κ3) is 4.68. The molecular formula is C20H21IN2O. The van der Waals surface area contributed by atoms with Crippen molar-refractivity contribution in [1.29, 1.82) is 0 Å². The van der Waals surface area contributed by atoms with E-state index in [0.29, 0.717) is 13.0 Å². The highest BCUT2D eigenvalue weighted by Crippen LogP contribution is 2.13. The number of nitrogens with zero attached hydrogens (tertiary/aromatic N) is 1. The molecule has 0 spiro atoms. The Morgan fingerprint density at radius 3 is 2.67 bits per heavy atom. The second-order valence-corrected chi connectivity index (χ2v) is 7.20. The Hall–Kier alpha value is -1.66. The maximum atomic E-state index is 12.8. The highest BCUT2D eigenvalue weighted by molar-refractivity contribution is 14.1. The molecule has 3 nitrogen and oxygen atoms in total. The lowest BCUT2D eigenvalue weighted by Gasteiger charge is -2.34. The van der Waals surface area contributed by atoms with Gasteiger partial charge in [0.1, 0.15) is 0 Å². The Kier molecular flexibility index (Phi) is 6.04. The van der Waals surface area contributed by atoms with Crippen molar-refractivity contribution in [3.8, 4) is 0 Å². The Morgan fingerprint density at radius 1 is 1.17 bits per heavy atom. The summed E-state index contributed by atoms with van der Waals surface area (Å²) < 4.78 is 1.19. The van der Waals surface area contributed by atoms with Crippen LogP contribution in [0.2, 0.25) is 0 Å². The molecule has 4 heteroatoms. The molecule has 3 rings (SSSR count). The lowest BCUT2D eigenvalue weighted by Crippen LogP contribution is -2.52. The Labute approximate surface area is 156 Å². The van der Waals surface area contributed by atoms with Gasteiger partial charge in [-0.15, -0.1) is 0 Å². The molecule has 1 saturated heterocycles. The van der Waals surface area contributed by atoms with Crippen molar-refractivity contribution in [3.05, 3.63) is 75.5 Å². The Morgan fingerprint density at radius 2 is 1.92 bits per heavy atom. The van der Waals surface area contributed by atoms with Crippen LogP contribution in [-0.2, 0) is 11.2 Å². The minimum absolute atomic E-state index is 0.0991. The molecule has 0 amide bonds. The van der Waals surface area contributed by atoms with Crippen molar-refractivity contribution in [1.82, 2.24) is 10.2 Å². The van der Waals surface area contributed by atoms with E-state index >= 15 is 0 Å². The SMILES string of the molecule is O=C(Cc1ccc(I)cc1)C1CNCCN1C=Cc1ccccc1. The average molecular weight is 432 g/mol. The quantitative estimate of drug-likeness (QED) is 0.736. The smallest absolute Gasteiger partial charge is 0.160 e. The zero-order chi connectivity index (χ0) is 16.8. The van der Waals surface area contributed by atoms with Gasteiger partial charge >= 0.3 is 0 Å². The van der Waals surface area contributed by atoms with Crippen molar-refractivity contribution >= 4 is 34.5 Å². The van der Waals surface area contributed by atoms with Crippen molar-refractivity contribution in [3.63, 3.8) is 0 Å². The average Bonchev–Trinajstić information content (AvgIpc) is 2.63. The summed E-state index contributed by atoms with van der Waals surface area (Å²) in [5.74, 6) is 0.265. The van der Waals surface area contributed by atoms with Crippen molar-refractivity contribution in [2.75, 3.05) is 19.6 Å². The number of Topliss-reactive ketones (excluding diaryl/α,β-unsaturated/α-hetero) is 1. The first-order valence-electron chi connectivity index (χ1n) is 8.19. The van der Waals surface area contributed by atoms with E-state index in [4.69, 9.17) is 0 Å². The molecule has 1 aliphatic rings. The Balaban J connectivity index is 1.68. The fourth-order valence-electron chi connectivity index (χ4n) is 2.86. The molecular weight excluding hydrogens is 411 g/mol. The first-order chi connectivity index (χ1) is 11.7. The predicted octanol–water partition coefficient (Wildman–Crippen LogP) is 3.35. The van der Waals surface area contributed by atoms with E-state index in [2.05, 4.69) is 69.3 Å². The number of hydrogen-bond acceptors (Lipinski definition) is 3. The summed E-state index contributed by atoms with van der Waals surface area (Å²) in [6, 6.07) is 18.3. The monoisotopic (exact) mass is 432 g/mol. The standard InChI is InChI=1S/C20H21IN2O/c21-18-8-6-17(7-9-18)14-20(24)19-15-22-11-13-23(19)12-10-16-4-2-1-3-5-16/h1-10,12,19,22H,11,13-15H2. The van der Waals surface area contributed by atoms with Gasteiger partial charge in [-0.25, -0.2) is 0 Å². The molecule has 24 heavy (non-hydrogen) atoms. The van der Waals surface area contributed by atoms with Gasteiger partial charge in [-0.2, -0.15) is 0 Å². The van der Waals surface area contributed by atoms with E-state index in [1.54, 1.807) is 0 Å². The number of hydrogen-bond donors (Lipinski definition) is 1. The van der Waals surface area contributed by atoms with Gasteiger partial charge in [-0.1, -0.05) is 42.5 Å². The van der Waals surface area contributed by atoms with Gasteiger partial charge in [0.05, 0.1) is 6.04 Å². The molecule has 1 heterocycles. The summed E-state index contributed by atoms with van der Waals surface area (Å²) in [5.41, 5.74) is 2.23. The highest BCUT2D eigenvalue weighted by atomic mass is 127. The molecule has 2 aromatic rings. The second-order valence-electron chi connectivity index (χ2n) is 5.95. The molecule has 0 bridgehead atoms. The maximum absolute atomic E-state index is 12.8. The minimum atomic E-state index is -0.0991. The molecule has 1 atom stereocenters. The van der Waals surface area contributed by atoms with Crippen LogP contribution in [0.25, 0.3) is 6.08 Å². The molecule has 0 radical (unpaired) electrons. The lowest BCUT2D eigenvalue weighted by molar-refractivity contribution is -0.123. The van der Waals surface area contributed by atoms with Gasteiger partial charge in [-0.3, -0.25) is 4.79 Å². The number of carbonyl (C=O) groups is 1. The molecule has 0 aromatic heterocycles. The van der Waals surface area contributed by atoms with Crippen molar-refractivity contribution in [2.24, 2.45) is 0 Å². The van der Waals surface area contributed by atoms with Crippen molar-refractivity contribution < 1.29 is 4.79 Å². The predicted molar refractivity (Wildman–Crippen MR) is 107 cm³/mol. The van der Waals surface area contributed by atoms with E-state index < -0.39 is 0 Å². The summed E-state index contributed by atoms with van der Waals surface area (Å²) >= 11 is 2.28. The van der Waals surface area contributed by atoms with Crippen LogP contribution in [0.5, 0.6) is 0 Å². The number of ketones is 1. The molecule has 2 aromatic carbocycles. The van der Waals surface area contributed by atoms with Crippen LogP contribution < -0.4 is 5.32 Å². The molecule has 1 aliphatic heterocycles. The number of halogens is 1. The number of rotatable bonds is 5. The highest BCUT2D eigenvalue weighted by Gasteiger charge is 2.26. The van der Waals surface area contributed by atoms with Crippen LogP contribution in [0, 0.1) is 3.57 Å². The first-order valence-corrected chi connectivity index (χ1v) is 9.27. The topological polar surface area (TPSA) is 32.3 Å². The van der Waals surface area contributed by atoms with E-state index in [1.807, 2.05) is 30.3 Å². The fourth-order valence-corrected chi connectivity index (χ4v) is 3.22. The van der Waals surface area contributed by atoms with Gasteiger partial charge < -0.3 is 10.2 Å². The molecule has 124 valence electrons. The summed E-state index contributed by atoms with van der Waals surface area (Å²) in [6.45, 7) is 2.47. The number of nitrogens with one attached hydrogen (secondary N) is 1. The van der Waals surface area contributed by atoms with Gasteiger partial charge in [-0.05, 0) is 51.9 Å². The van der Waals surface area contributed by atoms with Crippen LogP contribution in [0.15, 0.2) is 60.8 Å². The number of carbonyl (C=O) groups excluding carboxylic acids is 1.